The van der Waals surface area contributed by atoms with Crippen molar-refractivity contribution in [1.29, 1.82) is 0 Å². The number of hydrogen-bond donors (Lipinski definition) is 2. The molecule has 7 nitrogen and oxygen atoms in total. The Morgan fingerprint density at radius 1 is 1.46 bits per heavy atom. The van der Waals surface area contributed by atoms with Crippen LogP contribution >= 0.6 is 0 Å². The standard InChI is InChI=1S/C6H5N5O2/c7-6(5(12)13)3-4(9-1-8-3)10-2-11-6/h1-2H,7H2,(H,12,13). The molecule has 0 aromatic carbocycles. The minimum absolute atomic E-state index is 0.0718. The highest BCUT2D eigenvalue weighted by Gasteiger charge is 2.44. The summed E-state index contributed by atoms with van der Waals surface area (Å²) in [5, 5.41) is 8.81. The molecular weight excluding hydrogens is 174 g/mol. The van der Waals surface area contributed by atoms with E-state index in [9.17, 15) is 4.79 Å². The monoisotopic (exact) mass is 179 g/mol. The Hall–Kier alpha value is -1.89. The molecule has 2 aliphatic heterocycles. The maximum atomic E-state index is 10.8. The molecule has 0 aromatic rings. The molecule has 3 N–H and O–H groups in total. The van der Waals surface area contributed by atoms with Crippen molar-refractivity contribution >= 4 is 30.2 Å². The first kappa shape index (κ1) is 7.74. The van der Waals surface area contributed by atoms with Gasteiger partial charge in [0.2, 0.25) is 0 Å². The molecule has 0 amide bonds. The van der Waals surface area contributed by atoms with Gasteiger partial charge in [-0.15, -0.1) is 0 Å². The summed E-state index contributed by atoms with van der Waals surface area (Å²) in [6.07, 6.45) is 2.28. The average molecular weight is 179 g/mol. The zero-order valence-electron chi connectivity index (χ0n) is 6.38. The Morgan fingerprint density at radius 2 is 2.23 bits per heavy atom. The second kappa shape index (κ2) is 2.30. The summed E-state index contributed by atoms with van der Waals surface area (Å²) in [6.45, 7) is 0. The third kappa shape index (κ3) is 0.905. The second-order valence-corrected chi connectivity index (χ2v) is 2.49. The van der Waals surface area contributed by atoms with Gasteiger partial charge in [0, 0.05) is 0 Å². The Labute approximate surface area is 72.4 Å². The number of hydrogen-bond acceptors (Lipinski definition) is 6. The molecule has 0 bridgehead atoms. The van der Waals surface area contributed by atoms with E-state index in [4.69, 9.17) is 10.8 Å². The van der Waals surface area contributed by atoms with E-state index < -0.39 is 11.6 Å². The van der Waals surface area contributed by atoms with Crippen LogP contribution in [-0.2, 0) is 4.79 Å². The van der Waals surface area contributed by atoms with Crippen molar-refractivity contribution in [3.63, 3.8) is 0 Å². The first-order chi connectivity index (χ1) is 6.14. The van der Waals surface area contributed by atoms with Gasteiger partial charge >= 0.3 is 5.97 Å². The quantitative estimate of drug-likeness (QED) is 0.518. The van der Waals surface area contributed by atoms with Crippen LogP contribution in [0.5, 0.6) is 0 Å². The zero-order chi connectivity index (χ0) is 9.47. The van der Waals surface area contributed by atoms with E-state index >= 15 is 0 Å². The third-order valence-electron chi connectivity index (χ3n) is 1.71. The molecule has 7 heteroatoms. The Kier molecular flexibility index (Phi) is 1.37. The van der Waals surface area contributed by atoms with Crippen molar-refractivity contribution in [2.45, 2.75) is 5.66 Å². The molecule has 1 atom stereocenters. The second-order valence-electron chi connectivity index (χ2n) is 2.49. The summed E-state index contributed by atoms with van der Waals surface area (Å²) in [5.41, 5.74) is 3.73. The van der Waals surface area contributed by atoms with E-state index in [1.807, 2.05) is 0 Å². The third-order valence-corrected chi connectivity index (χ3v) is 1.71. The largest absolute Gasteiger partial charge is 0.478 e. The summed E-state index contributed by atoms with van der Waals surface area (Å²) in [6, 6.07) is 0. The number of aliphatic imine (C=N–C) groups is 4. The molecule has 66 valence electrons. The number of fused-ring (bicyclic) bond motifs is 1. The van der Waals surface area contributed by atoms with Crippen LogP contribution in [0.4, 0.5) is 0 Å². The number of carboxylic acid groups (broad SMARTS) is 1. The molecule has 0 saturated carbocycles. The van der Waals surface area contributed by atoms with Crippen LogP contribution in [-0.4, -0.2) is 41.0 Å². The normalized spacial score (nSPS) is 29.6. The van der Waals surface area contributed by atoms with Crippen molar-refractivity contribution in [2.24, 2.45) is 25.7 Å². The number of rotatable bonds is 1. The number of aliphatic carboxylic acids is 1. The van der Waals surface area contributed by atoms with Crippen LogP contribution in [0.1, 0.15) is 0 Å². The van der Waals surface area contributed by atoms with Crippen molar-refractivity contribution < 1.29 is 9.90 Å². The van der Waals surface area contributed by atoms with Gasteiger partial charge in [0.1, 0.15) is 18.4 Å². The van der Waals surface area contributed by atoms with Gasteiger partial charge in [-0.2, -0.15) is 0 Å². The number of nitrogens with zero attached hydrogens (tertiary/aromatic N) is 4. The summed E-state index contributed by atoms with van der Waals surface area (Å²) in [4.78, 5) is 25.5. The lowest BCUT2D eigenvalue weighted by Crippen LogP contribution is -2.56. The molecule has 1 unspecified atom stereocenters. The fourth-order valence-electron chi connectivity index (χ4n) is 1.02. The number of amidine groups is 1. The van der Waals surface area contributed by atoms with Crippen LogP contribution in [0.3, 0.4) is 0 Å². The van der Waals surface area contributed by atoms with Crippen LogP contribution < -0.4 is 5.73 Å². The van der Waals surface area contributed by atoms with Gasteiger partial charge in [0.25, 0.3) is 5.66 Å². The van der Waals surface area contributed by atoms with E-state index in [2.05, 4.69) is 20.0 Å². The van der Waals surface area contributed by atoms with Crippen molar-refractivity contribution in [2.75, 3.05) is 0 Å². The van der Waals surface area contributed by atoms with E-state index in [-0.39, 0.29) is 11.5 Å². The fourth-order valence-corrected chi connectivity index (χ4v) is 1.02. The van der Waals surface area contributed by atoms with Gasteiger partial charge in [0.15, 0.2) is 5.84 Å². The lowest BCUT2D eigenvalue weighted by molar-refractivity contribution is -0.140. The predicted octanol–water partition coefficient (Wildman–Crippen LogP) is -1.35. The van der Waals surface area contributed by atoms with Gasteiger partial charge in [-0.1, -0.05) is 0 Å². The highest BCUT2D eigenvalue weighted by atomic mass is 16.4. The SMILES string of the molecule is NC1(C(=O)O)N=CN=C2N=CN=C21. The Bertz CT molecular complexity index is 394. The summed E-state index contributed by atoms with van der Waals surface area (Å²) < 4.78 is 0. The summed E-state index contributed by atoms with van der Waals surface area (Å²) in [7, 11) is 0. The molecular formula is C6H5N5O2. The maximum Gasteiger partial charge on any atom is 0.353 e. The molecule has 0 fully saturated rings. The first-order valence-electron chi connectivity index (χ1n) is 3.39. The fraction of sp³-hybridized carbons (Fsp3) is 0.167. The molecule has 0 saturated heterocycles. The average Bonchev–Trinajstić information content (AvgIpc) is 2.53. The predicted molar refractivity (Wildman–Crippen MR) is 46.4 cm³/mol. The smallest absolute Gasteiger partial charge is 0.353 e. The first-order valence-corrected chi connectivity index (χ1v) is 3.39. The minimum atomic E-state index is -1.84. The molecule has 13 heavy (non-hydrogen) atoms. The molecule has 2 aliphatic rings. The Morgan fingerprint density at radius 3 is 2.92 bits per heavy atom. The molecule has 0 spiro atoms. The van der Waals surface area contributed by atoms with Crippen LogP contribution in [0.25, 0.3) is 0 Å². The molecule has 2 heterocycles. The number of carbonyl (C=O) groups is 1. The molecule has 0 aliphatic carbocycles. The summed E-state index contributed by atoms with van der Waals surface area (Å²) in [5.74, 6) is -1.07. The number of nitrogens with two attached hydrogens (primary N) is 1. The summed E-state index contributed by atoms with van der Waals surface area (Å²) >= 11 is 0. The molecule has 0 radical (unpaired) electrons. The van der Waals surface area contributed by atoms with Crippen LogP contribution in [0, 0.1) is 0 Å². The minimum Gasteiger partial charge on any atom is -0.478 e. The van der Waals surface area contributed by atoms with Gasteiger partial charge in [0.05, 0.1) is 0 Å². The van der Waals surface area contributed by atoms with E-state index in [0.717, 1.165) is 6.34 Å². The van der Waals surface area contributed by atoms with E-state index in [1.54, 1.807) is 0 Å². The van der Waals surface area contributed by atoms with E-state index in [1.165, 1.54) is 6.34 Å². The topological polar surface area (TPSA) is 113 Å². The zero-order valence-corrected chi connectivity index (χ0v) is 6.38. The van der Waals surface area contributed by atoms with Gasteiger partial charge in [-0.3, -0.25) is 5.73 Å². The van der Waals surface area contributed by atoms with Crippen molar-refractivity contribution in [3.05, 3.63) is 0 Å². The molecule has 2 rings (SSSR count). The lowest BCUT2D eigenvalue weighted by atomic mass is 10.0. The van der Waals surface area contributed by atoms with E-state index in [0.29, 0.717) is 0 Å². The highest BCUT2D eigenvalue weighted by molar-refractivity contribution is 6.53. The van der Waals surface area contributed by atoms with Crippen molar-refractivity contribution in [3.8, 4) is 0 Å². The number of carboxylic acids is 1. The van der Waals surface area contributed by atoms with Gasteiger partial charge in [-0.25, -0.2) is 24.8 Å². The van der Waals surface area contributed by atoms with Gasteiger partial charge in [-0.05, 0) is 0 Å². The maximum absolute atomic E-state index is 10.8. The van der Waals surface area contributed by atoms with Gasteiger partial charge < -0.3 is 5.11 Å². The van der Waals surface area contributed by atoms with Crippen molar-refractivity contribution in [1.82, 2.24) is 0 Å². The highest BCUT2D eigenvalue weighted by Crippen LogP contribution is 2.14. The lowest BCUT2D eigenvalue weighted by Gasteiger charge is -2.21. The van der Waals surface area contributed by atoms with Crippen LogP contribution in [0.15, 0.2) is 20.0 Å². The Balaban J connectivity index is 2.52. The van der Waals surface area contributed by atoms with Crippen LogP contribution in [0.2, 0.25) is 0 Å². The molecule has 0 aromatic heterocycles.